The largest absolute Gasteiger partial charge is 0.497 e. The Labute approximate surface area is 180 Å². The summed E-state index contributed by atoms with van der Waals surface area (Å²) in [5.74, 6) is 0.798. The Hall–Kier alpha value is -3.88. The molecule has 0 aliphatic carbocycles. The van der Waals surface area contributed by atoms with E-state index in [0.717, 1.165) is 22.6 Å². The van der Waals surface area contributed by atoms with Gasteiger partial charge in [0.05, 0.1) is 12.7 Å². The summed E-state index contributed by atoms with van der Waals surface area (Å²) in [5.41, 5.74) is 3.93. The van der Waals surface area contributed by atoms with E-state index in [1.807, 2.05) is 74.4 Å². The van der Waals surface area contributed by atoms with Crippen LogP contribution in [0.3, 0.4) is 0 Å². The second kappa shape index (κ2) is 8.47. The van der Waals surface area contributed by atoms with Crippen molar-refractivity contribution >= 4 is 17.6 Å². The molecule has 160 valence electrons. The molecule has 1 aliphatic heterocycles. The van der Waals surface area contributed by atoms with Crippen molar-refractivity contribution in [2.24, 2.45) is 0 Å². The third kappa shape index (κ3) is 4.07. The Kier molecular flexibility index (Phi) is 5.57. The lowest BCUT2D eigenvalue weighted by molar-refractivity contribution is -0.140. The number of methoxy groups -OCH3 is 1. The van der Waals surface area contributed by atoms with Gasteiger partial charge in [-0.2, -0.15) is 4.68 Å². The Bertz CT molecular complexity index is 1100. The Balaban J connectivity index is 1.62. The number of rotatable bonds is 6. The van der Waals surface area contributed by atoms with Gasteiger partial charge in [0, 0.05) is 25.5 Å². The predicted octanol–water partition coefficient (Wildman–Crippen LogP) is 2.78. The van der Waals surface area contributed by atoms with E-state index < -0.39 is 12.0 Å². The van der Waals surface area contributed by atoms with E-state index in [4.69, 9.17) is 9.47 Å². The SMILES string of the molecule is COc1ccc(COC(=O)C2=C(C)Nc3nnnn3[C@@H]2c2ccc(N(C)C)cc2)cc1. The maximum absolute atomic E-state index is 13.2. The van der Waals surface area contributed by atoms with Gasteiger partial charge >= 0.3 is 5.97 Å². The van der Waals surface area contributed by atoms with Gasteiger partial charge in [0.1, 0.15) is 18.4 Å². The normalized spacial score (nSPS) is 15.2. The zero-order chi connectivity index (χ0) is 22.0. The van der Waals surface area contributed by atoms with E-state index >= 15 is 0 Å². The van der Waals surface area contributed by atoms with Gasteiger partial charge in [-0.25, -0.2) is 4.79 Å². The molecule has 2 heterocycles. The number of benzene rings is 2. The Morgan fingerprint density at radius 1 is 1.13 bits per heavy atom. The van der Waals surface area contributed by atoms with Crippen molar-refractivity contribution in [3.05, 3.63) is 70.9 Å². The predicted molar refractivity (Wildman–Crippen MR) is 116 cm³/mol. The van der Waals surface area contributed by atoms with Crippen LogP contribution in [-0.4, -0.2) is 47.4 Å². The third-order valence-corrected chi connectivity index (χ3v) is 5.19. The first kappa shape index (κ1) is 20.4. The van der Waals surface area contributed by atoms with Crippen molar-refractivity contribution in [3.63, 3.8) is 0 Å². The summed E-state index contributed by atoms with van der Waals surface area (Å²) < 4.78 is 12.4. The van der Waals surface area contributed by atoms with Crippen LogP contribution in [0.15, 0.2) is 59.8 Å². The van der Waals surface area contributed by atoms with Crippen LogP contribution in [-0.2, 0) is 16.1 Å². The number of aromatic nitrogens is 4. The van der Waals surface area contributed by atoms with Gasteiger partial charge < -0.3 is 19.7 Å². The summed E-state index contributed by atoms with van der Waals surface area (Å²) in [6, 6.07) is 14.8. The van der Waals surface area contributed by atoms with Crippen molar-refractivity contribution in [3.8, 4) is 5.75 Å². The number of fused-ring (bicyclic) bond motifs is 1. The summed E-state index contributed by atoms with van der Waals surface area (Å²) in [7, 11) is 5.56. The maximum Gasteiger partial charge on any atom is 0.338 e. The highest BCUT2D eigenvalue weighted by Crippen LogP contribution is 2.35. The molecule has 1 N–H and O–H groups in total. The average molecular weight is 420 g/mol. The second-order valence-electron chi connectivity index (χ2n) is 7.42. The fourth-order valence-corrected chi connectivity index (χ4v) is 3.49. The van der Waals surface area contributed by atoms with E-state index in [1.165, 1.54) is 0 Å². The molecule has 1 aromatic heterocycles. The molecule has 0 radical (unpaired) electrons. The standard InChI is InChI=1S/C22H24N6O3/c1-14-19(21(29)31-13-15-5-11-18(30-4)12-6-15)20(28-22(23-14)24-25-26-28)16-7-9-17(10-8-16)27(2)3/h5-12,20H,13H2,1-4H3,(H,23,24,26)/t20-/m1/s1. The lowest BCUT2D eigenvalue weighted by Gasteiger charge is -2.27. The van der Waals surface area contributed by atoms with Crippen LogP contribution in [0.4, 0.5) is 11.6 Å². The monoisotopic (exact) mass is 420 g/mol. The first-order chi connectivity index (χ1) is 15.0. The number of tetrazole rings is 1. The molecular weight excluding hydrogens is 396 g/mol. The van der Waals surface area contributed by atoms with E-state index in [1.54, 1.807) is 11.8 Å². The number of hydrogen-bond acceptors (Lipinski definition) is 8. The molecule has 2 aromatic carbocycles. The minimum absolute atomic E-state index is 0.147. The van der Waals surface area contributed by atoms with Crippen molar-refractivity contribution in [1.29, 1.82) is 0 Å². The van der Waals surface area contributed by atoms with Crippen molar-refractivity contribution in [1.82, 2.24) is 20.2 Å². The van der Waals surface area contributed by atoms with Gasteiger partial charge in [0.15, 0.2) is 0 Å². The molecule has 1 aliphatic rings. The highest BCUT2D eigenvalue weighted by Gasteiger charge is 2.35. The molecule has 31 heavy (non-hydrogen) atoms. The van der Waals surface area contributed by atoms with Gasteiger partial charge in [-0.3, -0.25) is 0 Å². The van der Waals surface area contributed by atoms with Crippen molar-refractivity contribution < 1.29 is 14.3 Å². The molecule has 0 bridgehead atoms. The summed E-state index contributed by atoms with van der Waals surface area (Å²) in [6.45, 7) is 1.97. The highest BCUT2D eigenvalue weighted by molar-refractivity contribution is 5.92. The number of ether oxygens (including phenoxy) is 2. The first-order valence-electron chi connectivity index (χ1n) is 9.81. The van der Waals surface area contributed by atoms with Crippen LogP contribution in [0.2, 0.25) is 0 Å². The molecular formula is C22H24N6O3. The molecule has 3 aromatic rings. The summed E-state index contributed by atoms with van der Waals surface area (Å²) in [5, 5.41) is 15.0. The summed E-state index contributed by atoms with van der Waals surface area (Å²) in [6.07, 6.45) is 0. The van der Waals surface area contributed by atoms with Gasteiger partial charge in [0.2, 0.25) is 5.95 Å². The Morgan fingerprint density at radius 2 is 1.84 bits per heavy atom. The zero-order valence-electron chi connectivity index (χ0n) is 17.9. The molecule has 0 spiro atoms. The van der Waals surface area contributed by atoms with E-state index in [9.17, 15) is 4.79 Å². The molecule has 0 amide bonds. The first-order valence-corrected chi connectivity index (χ1v) is 9.81. The highest BCUT2D eigenvalue weighted by atomic mass is 16.5. The van der Waals surface area contributed by atoms with E-state index in [-0.39, 0.29) is 6.61 Å². The number of nitrogens with zero attached hydrogens (tertiary/aromatic N) is 5. The number of esters is 1. The van der Waals surface area contributed by atoms with Crippen LogP contribution in [0.25, 0.3) is 0 Å². The van der Waals surface area contributed by atoms with E-state index in [2.05, 4.69) is 20.8 Å². The minimum Gasteiger partial charge on any atom is -0.497 e. The molecule has 0 fully saturated rings. The summed E-state index contributed by atoms with van der Waals surface area (Å²) >= 11 is 0. The van der Waals surface area contributed by atoms with Crippen LogP contribution in [0, 0.1) is 0 Å². The molecule has 0 saturated heterocycles. The number of anilines is 2. The molecule has 9 nitrogen and oxygen atoms in total. The number of nitrogens with one attached hydrogen (secondary N) is 1. The zero-order valence-corrected chi connectivity index (χ0v) is 17.9. The van der Waals surface area contributed by atoms with E-state index in [0.29, 0.717) is 17.2 Å². The quantitative estimate of drug-likeness (QED) is 0.609. The van der Waals surface area contributed by atoms with Crippen molar-refractivity contribution in [2.45, 2.75) is 19.6 Å². The molecule has 0 unspecified atom stereocenters. The third-order valence-electron chi connectivity index (χ3n) is 5.19. The number of carbonyl (C=O) groups excluding carboxylic acids is 1. The Morgan fingerprint density at radius 3 is 2.48 bits per heavy atom. The molecule has 9 heteroatoms. The fourth-order valence-electron chi connectivity index (χ4n) is 3.49. The lowest BCUT2D eigenvalue weighted by Crippen LogP contribution is -2.29. The lowest BCUT2D eigenvalue weighted by atomic mass is 9.95. The van der Waals surface area contributed by atoms with Crippen LogP contribution in [0.5, 0.6) is 5.75 Å². The van der Waals surface area contributed by atoms with Crippen LogP contribution >= 0.6 is 0 Å². The van der Waals surface area contributed by atoms with Gasteiger partial charge in [-0.15, -0.1) is 0 Å². The second-order valence-corrected chi connectivity index (χ2v) is 7.42. The fraction of sp³-hybridized carbons (Fsp3) is 0.273. The topological polar surface area (TPSA) is 94.4 Å². The van der Waals surface area contributed by atoms with Crippen LogP contribution < -0.4 is 15.0 Å². The van der Waals surface area contributed by atoms with Gasteiger partial charge in [0.25, 0.3) is 0 Å². The molecule has 0 saturated carbocycles. The number of carbonyl (C=O) groups is 1. The minimum atomic E-state index is -0.495. The number of hydrogen-bond donors (Lipinski definition) is 1. The molecule has 1 atom stereocenters. The van der Waals surface area contributed by atoms with Crippen LogP contribution in [0.1, 0.15) is 24.1 Å². The molecule has 4 rings (SSSR count). The average Bonchev–Trinajstić information content (AvgIpc) is 3.25. The number of allylic oxidation sites excluding steroid dienone is 1. The van der Waals surface area contributed by atoms with Gasteiger partial charge in [-0.05, 0) is 52.7 Å². The van der Waals surface area contributed by atoms with Gasteiger partial charge in [-0.1, -0.05) is 29.4 Å². The summed E-state index contributed by atoms with van der Waals surface area (Å²) in [4.78, 5) is 15.2. The maximum atomic E-state index is 13.2. The smallest absolute Gasteiger partial charge is 0.338 e. The van der Waals surface area contributed by atoms with Crippen molar-refractivity contribution in [2.75, 3.05) is 31.4 Å².